The molecule has 0 saturated carbocycles. The molecule has 4 N–H and O–H groups in total. The fourth-order valence-electron chi connectivity index (χ4n) is 4.41. The molecule has 0 bridgehead atoms. The van der Waals surface area contributed by atoms with Gasteiger partial charge in [0.1, 0.15) is 18.4 Å². The molecule has 214 valence electrons. The fraction of sp³-hybridized carbons (Fsp3) is 0.226. The van der Waals surface area contributed by atoms with Crippen LogP contribution in [-0.4, -0.2) is 74.3 Å². The van der Waals surface area contributed by atoms with Gasteiger partial charge in [-0.15, -0.1) is 0 Å². The molecule has 1 aliphatic rings. The lowest BCUT2D eigenvalue weighted by Crippen LogP contribution is -2.46. The van der Waals surface area contributed by atoms with Gasteiger partial charge in [0.05, 0.1) is 17.7 Å². The number of rotatable bonds is 8. The van der Waals surface area contributed by atoms with E-state index < -0.39 is 0 Å². The Morgan fingerprint density at radius 3 is 2.41 bits per heavy atom. The predicted molar refractivity (Wildman–Crippen MR) is 165 cm³/mol. The van der Waals surface area contributed by atoms with E-state index in [0.29, 0.717) is 24.5 Å². The number of aromatic nitrogens is 2. The van der Waals surface area contributed by atoms with Crippen molar-refractivity contribution in [2.75, 3.05) is 62.4 Å². The number of nitrogens with one attached hydrogen (secondary N) is 2. The summed E-state index contributed by atoms with van der Waals surface area (Å²) < 4.78 is 15.0. The van der Waals surface area contributed by atoms with Gasteiger partial charge in [0.2, 0.25) is 5.95 Å². The van der Waals surface area contributed by atoms with Gasteiger partial charge in [0, 0.05) is 61.7 Å². The number of hydrogen-bond acceptors (Lipinski definition) is 9. The van der Waals surface area contributed by atoms with E-state index in [0.717, 1.165) is 65.9 Å². The van der Waals surface area contributed by atoms with Crippen LogP contribution in [0.3, 0.4) is 0 Å². The number of carbonyl (C=O) groups excluding carboxylic acids is 2. The fourth-order valence-corrected chi connectivity index (χ4v) is 4.41. The van der Waals surface area contributed by atoms with Crippen LogP contribution in [0.15, 0.2) is 79.5 Å². The van der Waals surface area contributed by atoms with E-state index >= 15 is 4.39 Å². The second kappa shape index (κ2) is 15.8. The van der Waals surface area contributed by atoms with Crippen molar-refractivity contribution < 1.29 is 14.0 Å². The Morgan fingerprint density at radius 2 is 1.76 bits per heavy atom. The molecule has 0 radical (unpaired) electrons. The van der Waals surface area contributed by atoms with Crippen LogP contribution in [0.1, 0.15) is 0 Å². The highest BCUT2D eigenvalue weighted by atomic mass is 19.1. The number of carbonyl (C=O) groups is 2. The van der Waals surface area contributed by atoms with Crippen molar-refractivity contribution in [3.63, 3.8) is 0 Å². The van der Waals surface area contributed by atoms with Gasteiger partial charge in [0.15, 0.2) is 0 Å². The first-order chi connectivity index (χ1) is 20.1. The van der Waals surface area contributed by atoms with Gasteiger partial charge in [-0.25, -0.2) is 14.4 Å². The maximum absolute atomic E-state index is 15.0. The van der Waals surface area contributed by atoms with Gasteiger partial charge in [-0.1, -0.05) is 36.9 Å². The van der Waals surface area contributed by atoms with Gasteiger partial charge in [0.25, 0.3) is 0 Å². The Hall–Kier alpha value is -4.67. The van der Waals surface area contributed by atoms with Crippen molar-refractivity contribution in [2.24, 2.45) is 5.73 Å². The zero-order valence-corrected chi connectivity index (χ0v) is 23.4. The third kappa shape index (κ3) is 8.17. The summed E-state index contributed by atoms with van der Waals surface area (Å²) in [6.07, 6.45) is 4.51. The average molecular weight is 558 g/mol. The molecule has 0 spiro atoms. The third-order valence-electron chi connectivity index (χ3n) is 6.44. The minimum atomic E-state index is -0.364. The lowest BCUT2D eigenvalue weighted by molar-refractivity contribution is -0.109. The van der Waals surface area contributed by atoms with E-state index in [4.69, 9.17) is 9.78 Å². The van der Waals surface area contributed by atoms with E-state index in [2.05, 4.69) is 43.8 Å². The summed E-state index contributed by atoms with van der Waals surface area (Å²) in [5.41, 5.74) is 9.47. The molecule has 1 fully saturated rings. The number of nitrogens with two attached hydrogens (primary N) is 1. The highest BCUT2D eigenvalue weighted by molar-refractivity contribution is 5.94. The molecule has 5 rings (SSSR count). The maximum atomic E-state index is 15.0. The third-order valence-corrected chi connectivity index (χ3v) is 6.44. The SMILES string of the molecule is C=CC=O.CN.CNc1cccc(-c2cccc3cnc(Nc4ccc(N5CCN(CC=O)CC5)cc4F)nc23)c1. The second-order valence-electron chi connectivity index (χ2n) is 8.88. The molecule has 2 heterocycles. The topological polar surface area (TPSA) is 116 Å². The summed E-state index contributed by atoms with van der Waals surface area (Å²) in [6, 6.07) is 19.3. The average Bonchev–Trinajstić information content (AvgIpc) is 3.03. The van der Waals surface area contributed by atoms with Crippen molar-refractivity contribution in [3.05, 3.63) is 85.3 Å². The van der Waals surface area contributed by atoms with Crippen molar-refractivity contribution in [3.8, 4) is 11.1 Å². The largest absolute Gasteiger partial charge is 0.388 e. The number of piperazine rings is 1. The Kier molecular flexibility index (Phi) is 11.9. The van der Waals surface area contributed by atoms with Crippen LogP contribution >= 0.6 is 0 Å². The number of anilines is 4. The first-order valence-electron chi connectivity index (χ1n) is 13.2. The zero-order valence-electron chi connectivity index (χ0n) is 23.4. The molecule has 0 amide bonds. The van der Waals surface area contributed by atoms with Crippen molar-refractivity contribution in [1.29, 1.82) is 0 Å². The standard InChI is InChI=1S/C27H27FN6O.C3H4O.CH5N/c1-29-21-6-2-4-19(16-21)23-7-3-5-20-18-30-27(32-26(20)23)31-25-9-8-22(17-24(25)28)34-12-10-33(11-13-34)14-15-35;1-2-3-4;1-2/h2-9,15-18,29H,10-14H2,1H3,(H,30,31,32);2-3H,1H2;2H2,1H3. The summed E-state index contributed by atoms with van der Waals surface area (Å²) in [4.78, 5) is 33.1. The smallest absolute Gasteiger partial charge is 0.227 e. The monoisotopic (exact) mass is 557 g/mol. The van der Waals surface area contributed by atoms with E-state index in [1.54, 1.807) is 12.3 Å². The first-order valence-corrected chi connectivity index (χ1v) is 13.2. The maximum Gasteiger partial charge on any atom is 0.227 e. The van der Waals surface area contributed by atoms with E-state index in [9.17, 15) is 4.79 Å². The molecular weight excluding hydrogens is 521 g/mol. The highest BCUT2D eigenvalue weighted by Crippen LogP contribution is 2.30. The second-order valence-corrected chi connectivity index (χ2v) is 8.88. The molecule has 9 nitrogen and oxygen atoms in total. The van der Waals surface area contributed by atoms with Crippen molar-refractivity contribution in [2.45, 2.75) is 0 Å². The summed E-state index contributed by atoms with van der Waals surface area (Å²) in [5.74, 6) is -0.0274. The number of nitrogens with zero attached hydrogens (tertiary/aromatic N) is 4. The van der Waals surface area contributed by atoms with Gasteiger partial charge in [-0.3, -0.25) is 9.69 Å². The van der Waals surface area contributed by atoms with E-state index in [-0.39, 0.29) is 5.82 Å². The molecule has 0 atom stereocenters. The van der Waals surface area contributed by atoms with Crippen LogP contribution in [0.2, 0.25) is 0 Å². The molecule has 41 heavy (non-hydrogen) atoms. The Morgan fingerprint density at radius 1 is 1.02 bits per heavy atom. The number of para-hydroxylation sites is 1. The normalized spacial score (nSPS) is 12.7. The quantitative estimate of drug-likeness (QED) is 0.213. The van der Waals surface area contributed by atoms with Crippen LogP contribution in [0.5, 0.6) is 0 Å². The lowest BCUT2D eigenvalue weighted by Gasteiger charge is -2.35. The van der Waals surface area contributed by atoms with E-state index in [1.807, 2.05) is 49.5 Å². The molecular formula is C31H36FN7O2. The van der Waals surface area contributed by atoms with Crippen LogP contribution in [0, 0.1) is 5.82 Å². The molecule has 1 saturated heterocycles. The number of allylic oxidation sites excluding steroid dienone is 1. The minimum Gasteiger partial charge on any atom is -0.388 e. The molecule has 1 aliphatic heterocycles. The Labute approximate surface area is 239 Å². The van der Waals surface area contributed by atoms with Crippen LogP contribution in [-0.2, 0) is 9.59 Å². The number of benzene rings is 3. The van der Waals surface area contributed by atoms with Gasteiger partial charge in [-0.2, -0.15) is 0 Å². The van der Waals surface area contributed by atoms with Crippen LogP contribution in [0.4, 0.5) is 27.4 Å². The van der Waals surface area contributed by atoms with Gasteiger partial charge >= 0.3 is 0 Å². The van der Waals surface area contributed by atoms with Crippen molar-refractivity contribution >= 4 is 46.5 Å². The van der Waals surface area contributed by atoms with Crippen LogP contribution < -0.4 is 21.3 Å². The summed E-state index contributed by atoms with van der Waals surface area (Å²) in [6.45, 7) is 6.63. The number of hydrogen-bond donors (Lipinski definition) is 3. The number of aldehydes is 2. The lowest BCUT2D eigenvalue weighted by atomic mass is 10.0. The molecule has 1 aromatic heterocycles. The summed E-state index contributed by atoms with van der Waals surface area (Å²) in [7, 11) is 3.39. The highest BCUT2D eigenvalue weighted by Gasteiger charge is 2.18. The van der Waals surface area contributed by atoms with Gasteiger partial charge < -0.3 is 26.1 Å². The number of fused-ring (bicyclic) bond motifs is 1. The molecule has 4 aromatic rings. The molecule has 10 heteroatoms. The number of halogens is 1. The summed E-state index contributed by atoms with van der Waals surface area (Å²) in [5, 5.41) is 7.12. The summed E-state index contributed by atoms with van der Waals surface area (Å²) >= 11 is 0. The molecule has 0 unspecified atom stereocenters. The van der Waals surface area contributed by atoms with Gasteiger partial charge in [-0.05, 0) is 49.0 Å². The Balaban J connectivity index is 0.000000710. The zero-order chi connectivity index (χ0) is 29.6. The van der Waals surface area contributed by atoms with Crippen LogP contribution in [0.25, 0.3) is 22.0 Å². The predicted octanol–water partition coefficient (Wildman–Crippen LogP) is 4.49. The molecule has 3 aromatic carbocycles. The first kappa shape index (κ1) is 30.9. The van der Waals surface area contributed by atoms with E-state index in [1.165, 1.54) is 19.2 Å². The Bertz CT molecular complexity index is 1450. The van der Waals surface area contributed by atoms with Crippen molar-refractivity contribution in [1.82, 2.24) is 14.9 Å². The molecule has 0 aliphatic carbocycles. The minimum absolute atomic E-state index is 0.322.